The highest BCUT2D eigenvalue weighted by Gasteiger charge is 2.10. The molecular formula is C13H17BrO3. The van der Waals surface area contributed by atoms with Crippen LogP contribution in [0.2, 0.25) is 0 Å². The molecule has 0 atom stereocenters. The summed E-state index contributed by atoms with van der Waals surface area (Å²) in [6.07, 6.45) is 1.91. The molecular weight excluding hydrogens is 284 g/mol. The fraction of sp³-hybridized carbons (Fsp3) is 0.385. The molecule has 0 aliphatic carbocycles. The summed E-state index contributed by atoms with van der Waals surface area (Å²) in [7, 11) is 1.61. The second-order valence-electron chi connectivity index (χ2n) is 3.62. The summed E-state index contributed by atoms with van der Waals surface area (Å²) in [5.41, 5.74) is 1.86. The Morgan fingerprint density at radius 2 is 2.18 bits per heavy atom. The van der Waals surface area contributed by atoms with Gasteiger partial charge in [0.05, 0.1) is 24.8 Å². The SMILES string of the molecule is CCOc1cc(C=C(C)CO)cc(Br)c1OC. The summed E-state index contributed by atoms with van der Waals surface area (Å²) in [6, 6.07) is 3.83. The van der Waals surface area contributed by atoms with Gasteiger partial charge in [-0.15, -0.1) is 0 Å². The summed E-state index contributed by atoms with van der Waals surface area (Å²) in [4.78, 5) is 0. The van der Waals surface area contributed by atoms with Crippen LogP contribution in [0.4, 0.5) is 0 Å². The van der Waals surface area contributed by atoms with E-state index in [9.17, 15) is 0 Å². The van der Waals surface area contributed by atoms with Crippen LogP contribution in [-0.2, 0) is 0 Å². The molecule has 0 aliphatic heterocycles. The van der Waals surface area contributed by atoms with E-state index in [2.05, 4.69) is 15.9 Å². The van der Waals surface area contributed by atoms with Gasteiger partial charge >= 0.3 is 0 Å². The Bertz CT molecular complexity index is 413. The van der Waals surface area contributed by atoms with E-state index >= 15 is 0 Å². The highest BCUT2D eigenvalue weighted by atomic mass is 79.9. The molecule has 0 aliphatic rings. The maximum Gasteiger partial charge on any atom is 0.174 e. The molecule has 1 rings (SSSR count). The topological polar surface area (TPSA) is 38.7 Å². The molecule has 94 valence electrons. The second kappa shape index (κ2) is 6.67. The molecule has 0 bridgehead atoms. The molecule has 0 heterocycles. The highest BCUT2D eigenvalue weighted by Crippen LogP contribution is 2.37. The van der Waals surface area contributed by atoms with E-state index in [0.29, 0.717) is 18.1 Å². The van der Waals surface area contributed by atoms with Crippen molar-refractivity contribution < 1.29 is 14.6 Å². The molecule has 0 unspecified atom stereocenters. The van der Waals surface area contributed by atoms with E-state index in [0.717, 1.165) is 15.6 Å². The van der Waals surface area contributed by atoms with Gasteiger partial charge in [-0.3, -0.25) is 0 Å². The third-order valence-corrected chi connectivity index (χ3v) is 2.79. The van der Waals surface area contributed by atoms with Gasteiger partial charge in [-0.05, 0) is 53.0 Å². The average Bonchev–Trinajstić information content (AvgIpc) is 2.29. The quantitative estimate of drug-likeness (QED) is 0.907. The maximum atomic E-state index is 9.00. The lowest BCUT2D eigenvalue weighted by Crippen LogP contribution is -1.97. The van der Waals surface area contributed by atoms with Crippen molar-refractivity contribution in [2.75, 3.05) is 20.3 Å². The normalized spacial score (nSPS) is 11.5. The second-order valence-corrected chi connectivity index (χ2v) is 4.47. The van der Waals surface area contributed by atoms with Crippen LogP contribution in [0.5, 0.6) is 11.5 Å². The molecule has 0 saturated carbocycles. The average molecular weight is 301 g/mol. The van der Waals surface area contributed by atoms with Crippen molar-refractivity contribution in [3.05, 3.63) is 27.7 Å². The zero-order valence-corrected chi connectivity index (χ0v) is 11.9. The van der Waals surface area contributed by atoms with Gasteiger partial charge in [0.2, 0.25) is 0 Å². The molecule has 1 aromatic carbocycles. The number of hydrogen-bond donors (Lipinski definition) is 1. The number of benzene rings is 1. The van der Waals surface area contributed by atoms with Crippen molar-refractivity contribution in [1.29, 1.82) is 0 Å². The van der Waals surface area contributed by atoms with Crippen LogP contribution in [-0.4, -0.2) is 25.4 Å². The summed E-state index contributed by atoms with van der Waals surface area (Å²) in [5.74, 6) is 1.38. The number of methoxy groups -OCH3 is 1. The minimum Gasteiger partial charge on any atom is -0.492 e. The summed E-state index contributed by atoms with van der Waals surface area (Å²) in [6.45, 7) is 4.43. The minimum atomic E-state index is 0.0492. The Kier molecular flexibility index (Phi) is 5.51. The molecule has 0 radical (unpaired) electrons. The van der Waals surface area contributed by atoms with Crippen molar-refractivity contribution >= 4 is 22.0 Å². The van der Waals surface area contributed by atoms with Gasteiger partial charge in [0.15, 0.2) is 11.5 Å². The van der Waals surface area contributed by atoms with Gasteiger partial charge in [-0.1, -0.05) is 6.08 Å². The lowest BCUT2D eigenvalue weighted by molar-refractivity contribution is 0.310. The summed E-state index contributed by atoms with van der Waals surface area (Å²) >= 11 is 3.44. The first-order valence-electron chi connectivity index (χ1n) is 5.40. The van der Waals surface area contributed by atoms with E-state index in [4.69, 9.17) is 14.6 Å². The van der Waals surface area contributed by atoms with Crippen molar-refractivity contribution in [3.63, 3.8) is 0 Å². The van der Waals surface area contributed by atoms with E-state index in [1.807, 2.05) is 32.1 Å². The van der Waals surface area contributed by atoms with Gasteiger partial charge in [0, 0.05) is 0 Å². The number of rotatable bonds is 5. The monoisotopic (exact) mass is 300 g/mol. The Hall–Kier alpha value is -1.00. The van der Waals surface area contributed by atoms with Crippen LogP contribution in [0, 0.1) is 0 Å². The van der Waals surface area contributed by atoms with Crippen molar-refractivity contribution in [2.24, 2.45) is 0 Å². The van der Waals surface area contributed by atoms with Crippen LogP contribution < -0.4 is 9.47 Å². The Morgan fingerprint density at radius 1 is 1.47 bits per heavy atom. The molecule has 4 heteroatoms. The van der Waals surface area contributed by atoms with Crippen LogP contribution >= 0.6 is 15.9 Å². The lowest BCUT2D eigenvalue weighted by atomic mass is 10.1. The largest absolute Gasteiger partial charge is 0.492 e. The zero-order valence-electron chi connectivity index (χ0n) is 10.3. The molecule has 1 aromatic rings. The van der Waals surface area contributed by atoms with E-state index in [-0.39, 0.29) is 6.61 Å². The molecule has 0 amide bonds. The summed E-state index contributed by atoms with van der Waals surface area (Å²) in [5, 5.41) is 9.00. The van der Waals surface area contributed by atoms with Crippen molar-refractivity contribution in [1.82, 2.24) is 0 Å². The first-order valence-corrected chi connectivity index (χ1v) is 6.20. The zero-order chi connectivity index (χ0) is 12.8. The fourth-order valence-corrected chi connectivity index (χ4v) is 2.08. The Labute approximate surface area is 110 Å². The predicted octanol–water partition coefficient (Wildman–Crippen LogP) is 3.25. The number of halogens is 1. The Balaban J connectivity index is 3.19. The fourth-order valence-electron chi connectivity index (χ4n) is 1.46. The van der Waals surface area contributed by atoms with E-state index in [1.54, 1.807) is 7.11 Å². The van der Waals surface area contributed by atoms with Gasteiger partial charge in [0.1, 0.15) is 0 Å². The van der Waals surface area contributed by atoms with E-state index in [1.165, 1.54) is 0 Å². The van der Waals surface area contributed by atoms with Crippen LogP contribution in [0.1, 0.15) is 19.4 Å². The number of hydrogen-bond acceptors (Lipinski definition) is 3. The number of aliphatic hydroxyl groups excluding tert-OH is 1. The third-order valence-electron chi connectivity index (χ3n) is 2.20. The smallest absolute Gasteiger partial charge is 0.174 e. The van der Waals surface area contributed by atoms with Gasteiger partial charge in [-0.2, -0.15) is 0 Å². The maximum absolute atomic E-state index is 9.00. The molecule has 3 nitrogen and oxygen atoms in total. The highest BCUT2D eigenvalue weighted by molar-refractivity contribution is 9.10. The first-order chi connectivity index (χ1) is 8.12. The van der Waals surface area contributed by atoms with Crippen LogP contribution in [0.15, 0.2) is 22.2 Å². The molecule has 17 heavy (non-hydrogen) atoms. The standard InChI is InChI=1S/C13H17BrO3/c1-4-17-12-7-10(5-9(2)8-15)6-11(14)13(12)16-3/h5-7,15H,4,8H2,1-3H3. The third kappa shape index (κ3) is 3.75. The lowest BCUT2D eigenvalue weighted by Gasteiger charge is -2.12. The van der Waals surface area contributed by atoms with Crippen molar-refractivity contribution in [2.45, 2.75) is 13.8 Å². The summed E-state index contributed by atoms with van der Waals surface area (Å²) < 4.78 is 11.6. The molecule has 0 aromatic heterocycles. The minimum absolute atomic E-state index is 0.0492. The molecule has 0 saturated heterocycles. The van der Waals surface area contributed by atoms with Crippen molar-refractivity contribution in [3.8, 4) is 11.5 Å². The Morgan fingerprint density at radius 3 is 2.71 bits per heavy atom. The van der Waals surface area contributed by atoms with E-state index < -0.39 is 0 Å². The van der Waals surface area contributed by atoms with Crippen LogP contribution in [0.25, 0.3) is 6.08 Å². The molecule has 0 fully saturated rings. The number of ether oxygens (including phenoxy) is 2. The molecule has 0 spiro atoms. The predicted molar refractivity (Wildman–Crippen MR) is 72.6 cm³/mol. The first kappa shape index (κ1) is 14.1. The van der Waals surface area contributed by atoms with Gasteiger partial charge in [-0.25, -0.2) is 0 Å². The number of aliphatic hydroxyl groups is 1. The molecule has 1 N–H and O–H groups in total. The van der Waals surface area contributed by atoms with Gasteiger partial charge in [0.25, 0.3) is 0 Å². The van der Waals surface area contributed by atoms with Crippen LogP contribution in [0.3, 0.4) is 0 Å². The van der Waals surface area contributed by atoms with Gasteiger partial charge < -0.3 is 14.6 Å².